The monoisotopic (exact) mass is 273 g/mol. The van der Waals surface area contributed by atoms with Crippen LogP contribution in [-0.2, 0) is 6.42 Å². The van der Waals surface area contributed by atoms with Gasteiger partial charge in [0.05, 0.1) is 11.3 Å². The van der Waals surface area contributed by atoms with Gasteiger partial charge in [0.1, 0.15) is 5.82 Å². The molecular formula is C12H10Cl2FNO. The lowest BCUT2D eigenvalue weighted by atomic mass is 10.0. The van der Waals surface area contributed by atoms with Gasteiger partial charge in [0, 0.05) is 11.6 Å². The topological polar surface area (TPSA) is 39.2 Å². The van der Waals surface area contributed by atoms with Crippen LogP contribution in [0, 0.1) is 5.82 Å². The Kier molecular flexibility index (Phi) is 3.72. The average molecular weight is 274 g/mol. The van der Waals surface area contributed by atoms with Crippen LogP contribution in [0.5, 0.6) is 0 Å². The van der Waals surface area contributed by atoms with E-state index in [2.05, 4.69) is 0 Å². The van der Waals surface area contributed by atoms with Gasteiger partial charge in [-0.1, -0.05) is 17.7 Å². The number of halogens is 3. The van der Waals surface area contributed by atoms with Crippen LogP contribution in [0.4, 0.5) is 4.39 Å². The predicted octanol–water partition coefficient (Wildman–Crippen LogP) is 3.97. The number of nitrogens with two attached hydrogens (primary N) is 1. The zero-order valence-corrected chi connectivity index (χ0v) is 10.3. The van der Waals surface area contributed by atoms with Crippen molar-refractivity contribution in [3.05, 3.63) is 57.7 Å². The predicted molar refractivity (Wildman–Crippen MR) is 65.8 cm³/mol. The molecule has 2 aromatic rings. The number of benzene rings is 1. The third-order valence-electron chi connectivity index (χ3n) is 2.49. The van der Waals surface area contributed by atoms with Crippen LogP contribution in [0.1, 0.15) is 17.2 Å². The van der Waals surface area contributed by atoms with Gasteiger partial charge in [0.25, 0.3) is 0 Å². The summed E-state index contributed by atoms with van der Waals surface area (Å²) in [6.45, 7) is 0. The van der Waals surface area contributed by atoms with E-state index in [0.717, 1.165) is 5.56 Å². The van der Waals surface area contributed by atoms with Gasteiger partial charge in [-0.05, 0) is 41.8 Å². The van der Waals surface area contributed by atoms with E-state index < -0.39 is 5.82 Å². The Bertz CT molecular complexity index is 527. The molecule has 5 heteroatoms. The van der Waals surface area contributed by atoms with E-state index in [0.29, 0.717) is 12.0 Å². The Labute approximate surface area is 108 Å². The highest BCUT2D eigenvalue weighted by Gasteiger charge is 2.14. The van der Waals surface area contributed by atoms with Crippen LogP contribution < -0.4 is 5.73 Å². The smallest absolute Gasteiger partial charge is 0.197 e. The SMILES string of the molecule is NC(Cc1ccc(Cl)c(F)c1)c1ccoc1Cl. The molecule has 2 nitrogen and oxygen atoms in total. The Morgan fingerprint density at radius 1 is 1.29 bits per heavy atom. The molecular weight excluding hydrogens is 264 g/mol. The second-order valence-electron chi connectivity index (χ2n) is 3.71. The van der Waals surface area contributed by atoms with Crippen LogP contribution in [0.2, 0.25) is 10.2 Å². The molecule has 17 heavy (non-hydrogen) atoms. The third kappa shape index (κ3) is 2.80. The van der Waals surface area contributed by atoms with Gasteiger partial charge < -0.3 is 10.2 Å². The fourth-order valence-electron chi connectivity index (χ4n) is 1.60. The van der Waals surface area contributed by atoms with Crippen LogP contribution in [0.15, 0.2) is 34.9 Å². The van der Waals surface area contributed by atoms with Crippen molar-refractivity contribution in [1.29, 1.82) is 0 Å². The van der Waals surface area contributed by atoms with Crippen LogP contribution in [0.25, 0.3) is 0 Å². The summed E-state index contributed by atoms with van der Waals surface area (Å²) in [5.41, 5.74) is 7.43. The summed E-state index contributed by atoms with van der Waals surface area (Å²) in [5, 5.41) is 0.371. The zero-order chi connectivity index (χ0) is 12.4. The molecule has 0 aliphatic heterocycles. The van der Waals surface area contributed by atoms with Crippen molar-refractivity contribution >= 4 is 23.2 Å². The molecule has 0 radical (unpaired) electrons. The number of hydrogen-bond donors (Lipinski definition) is 1. The van der Waals surface area contributed by atoms with E-state index >= 15 is 0 Å². The molecule has 0 aliphatic rings. The molecule has 0 bridgehead atoms. The van der Waals surface area contributed by atoms with E-state index in [4.69, 9.17) is 33.4 Å². The minimum atomic E-state index is -0.449. The van der Waals surface area contributed by atoms with Gasteiger partial charge >= 0.3 is 0 Å². The zero-order valence-electron chi connectivity index (χ0n) is 8.79. The fourth-order valence-corrected chi connectivity index (χ4v) is 1.97. The molecule has 90 valence electrons. The third-order valence-corrected chi connectivity index (χ3v) is 3.10. The van der Waals surface area contributed by atoms with Crippen molar-refractivity contribution in [2.45, 2.75) is 12.5 Å². The first-order valence-electron chi connectivity index (χ1n) is 5.00. The largest absolute Gasteiger partial charge is 0.453 e. The van der Waals surface area contributed by atoms with Crippen molar-refractivity contribution in [1.82, 2.24) is 0 Å². The maximum Gasteiger partial charge on any atom is 0.197 e. The summed E-state index contributed by atoms with van der Waals surface area (Å²) < 4.78 is 18.2. The van der Waals surface area contributed by atoms with Crippen LogP contribution in [0.3, 0.4) is 0 Å². The van der Waals surface area contributed by atoms with Crippen LogP contribution in [-0.4, -0.2) is 0 Å². The quantitative estimate of drug-likeness (QED) is 0.919. The Balaban J connectivity index is 2.16. The highest BCUT2D eigenvalue weighted by atomic mass is 35.5. The molecule has 0 saturated heterocycles. The molecule has 1 aromatic carbocycles. The van der Waals surface area contributed by atoms with Gasteiger partial charge in [0.15, 0.2) is 5.22 Å². The van der Waals surface area contributed by atoms with Crippen molar-refractivity contribution in [2.75, 3.05) is 0 Å². The standard InChI is InChI=1S/C12H10Cl2FNO/c13-9-2-1-7(5-10(9)15)6-11(16)8-3-4-17-12(8)14/h1-5,11H,6,16H2. The lowest BCUT2D eigenvalue weighted by Crippen LogP contribution is -2.13. The number of rotatable bonds is 3. The van der Waals surface area contributed by atoms with Gasteiger partial charge in [-0.2, -0.15) is 0 Å². The molecule has 1 heterocycles. The lowest BCUT2D eigenvalue weighted by Gasteiger charge is -2.10. The summed E-state index contributed by atoms with van der Waals surface area (Å²) >= 11 is 11.4. The summed E-state index contributed by atoms with van der Waals surface area (Å²) in [4.78, 5) is 0. The normalized spacial score (nSPS) is 12.7. The first-order chi connectivity index (χ1) is 8.08. The summed E-state index contributed by atoms with van der Waals surface area (Å²) in [5.74, 6) is -0.449. The lowest BCUT2D eigenvalue weighted by molar-refractivity contribution is 0.560. The van der Waals surface area contributed by atoms with Crippen LogP contribution >= 0.6 is 23.2 Å². The second kappa shape index (κ2) is 5.08. The molecule has 1 unspecified atom stereocenters. The van der Waals surface area contributed by atoms with Gasteiger partial charge in [-0.15, -0.1) is 0 Å². The molecule has 1 atom stereocenters. The van der Waals surface area contributed by atoms with E-state index in [-0.39, 0.29) is 16.3 Å². The summed E-state index contributed by atoms with van der Waals surface area (Å²) in [7, 11) is 0. The number of hydrogen-bond acceptors (Lipinski definition) is 2. The van der Waals surface area contributed by atoms with E-state index in [1.54, 1.807) is 12.1 Å². The van der Waals surface area contributed by atoms with Crippen molar-refractivity contribution < 1.29 is 8.81 Å². The second-order valence-corrected chi connectivity index (χ2v) is 4.46. The highest BCUT2D eigenvalue weighted by Crippen LogP contribution is 2.26. The molecule has 0 spiro atoms. The molecule has 2 N–H and O–H groups in total. The summed E-state index contributed by atoms with van der Waals surface area (Å²) in [6, 6.07) is 5.99. The Morgan fingerprint density at radius 2 is 2.06 bits per heavy atom. The fraction of sp³-hybridized carbons (Fsp3) is 0.167. The first-order valence-corrected chi connectivity index (χ1v) is 5.76. The highest BCUT2D eigenvalue weighted by molar-refractivity contribution is 6.30. The van der Waals surface area contributed by atoms with Gasteiger partial charge in [0.2, 0.25) is 0 Å². The molecule has 0 amide bonds. The molecule has 0 fully saturated rings. The minimum Gasteiger partial charge on any atom is -0.453 e. The Hall–Kier alpha value is -1.03. The van der Waals surface area contributed by atoms with Crippen molar-refractivity contribution in [3.63, 3.8) is 0 Å². The minimum absolute atomic E-state index is 0.101. The molecule has 0 aliphatic carbocycles. The van der Waals surface area contributed by atoms with E-state index in [1.807, 2.05) is 0 Å². The molecule has 0 saturated carbocycles. The Morgan fingerprint density at radius 3 is 2.65 bits per heavy atom. The summed E-state index contributed by atoms with van der Waals surface area (Å²) in [6.07, 6.45) is 1.94. The van der Waals surface area contributed by atoms with Crippen molar-refractivity contribution in [2.24, 2.45) is 5.73 Å². The van der Waals surface area contributed by atoms with E-state index in [1.165, 1.54) is 18.4 Å². The van der Waals surface area contributed by atoms with E-state index in [9.17, 15) is 4.39 Å². The van der Waals surface area contributed by atoms with Gasteiger partial charge in [-0.3, -0.25) is 0 Å². The maximum absolute atomic E-state index is 13.2. The first kappa shape index (κ1) is 12.4. The molecule has 2 rings (SSSR count). The van der Waals surface area contributed by atoms with Crippen molar-refractivity contribution in [3.8, 4) is 0 Å². The van der Waals surface area contributed by atoms with Gasteiger partial charge in [-0.25, -0.2) is 4.39 Å². The maximum atomic E-state index is 13.2. The average Bonchev–Trinajstić information content (AvgIpc) is 2.70. The number of furan rings is 1. The molecule has 1 aromatic heterocycles.